The molecule has 1 N–H and O–H groups in total. The van der Waals surface area contributed by atoms with E-state index < -0.39 is 0 Å². The second-order valence-electron chi connectivity index (χ2n) is 5.22. The molecule has 17 heavy (non-hydrogen) atoms. The second kappa shape index (κ2) is 6.35. The van der Waals surface area contributed by atoms with Crippen molar-refractivity contribution in [3.05, 3.63) is 20.3 Å². The molecule has 1 aromatic heterocycles. The molecule has 0 radical (unpaired) electrons. The van der Waals surface area contributed by atoms with Gasteiger partial charge in [-0.2, -0.15) is 0 Å². The van der Waals surface area contributed by atoms with Gasteiger partial charge in [-0.05, 0) is 47.7 Å². The van der Waals surface area contributed by atoms with E-state index in [4.69, 9.17) is 0 Å². The van der Waals surface area contributed by atoms with Crippen molar-refractivity contribution >= 4 is 27.3 Å². The Hall–Kier alpha value is 0.140. The van der Waals surface area contributed by atoms with Crippen LogP contribution in [0.3, 0.4) is 0 Å². The largest absolute Gasteiger partial charge is 0.309 e. The molecule has 2 unspecified atom stereocenters. The summed E-state index contributed by atoms with van der Waals surface area (Å²) in [6.45, 7) is 5.61. The molecule has 1 nitrogen and oxygen atoms in total. The van der Waals surface area contributed by atoms with Crippen molar-refractivity contribution in [2.45, 2.75) is 58.5 Å². The van der Waals surface area contributed by atoms with E-state index in [2.05, 4.69) is 41.2 Å². The molecular formula is C14H22BrNS. The van der Waals surface area contributed by atoms with Gasteiger partial charge in [0.25, 0.3) is 0 Å². The first-order valence-corrected chi connectivity index (χ1v) is 8.26. The molecule has 0 aliphatic heterocycles. The van der Waals surface area contributed by atoms with Gasteiger partial charge in [-0.3, -0.25) is 0 Å². The molecular weight excluding hydrogens is 294 g/mol. The van der Waals surface area contributed by atoms with E-state index in [0.717, 1.165) is 18.5 Å². The maximum absolute atomic E-state index is 3.76. The Kier molecular flexibility index (Phi) is 5.07. The predicted octanol–water partition coefficient (Wildman–Crippen LogP) is 4.88. The lowest BCUT2D eigenvalue weighted by Crippen LogP contribution is -2.33. The maximum atomic E-state index is 3.76. The fourth-order valence-electron chi connectivity index (χ4n) is 2.63. The lowest BCUT2D eigenvalue weighted by Gasteiger charge is -2.22. The van der Waals surface area contributed by atoms with Crippen molar-refractivity contribution in [1.29, 1.82) is 0 Å². The van der Waals surface area contributed by atoms with E-state index in [9.17, 15) is 0 Å². The third-order valence-corrected chi connectivity index (χ3v) is 5.94. The normalized spacial score (nSPS) is 25.8. The Morgan fingerprint density at radius 1 is 1.35 bits per heavy atom. The highest BCUT2D eigenvalue weighted by molar-refractivity contribution is 9.10. The zero-order valence-corrected chi connectivity index (χ0v) is 13.2. The second-order valence-corrected chi connectivity index (χ2v) is 7.41. The van der Waals surface area contributed by atoms with Gasteiger partial charge in [0, 0.05) is 26.8 Å². The number of halogens is 1. The summed E-state index contributed by atoms with van der Waals surface area (Å²) in [5.74, 6) is 0.835. The Bertz CT molecular complexity index is 342. The number of thiophene rings is 1. The smallest absolute Gasteiger partial charge is 0.0314 e. The summed E-state index contributed by atoms with van der Waals surface area (Å²) >= 11 is 5.49. The van der Waals surface area contributed by atoms with Crippen LogP contribution >= 0.6 is 27.3 Å². The summed E-state index contributed by atoms with van der Waals surface area (Å²) in [5.41, 5.74) is 0. The first kappa shape index (κ1) is 13.6. The molecule has 1 aliphatic rings. The van der Waals surface area contributed by atoms with Crippen LogP contribution in [0.25, 0.3) is 0 Å². The molecule has 1 aromatic rings. The fourth-order valence-corrected chi connectivity index (χ4v) is 4.19. The molecule has 96 valence electrons. The fraction of sp³-hybridized carbons (Fsp3) is 0.714. The summed E-state index contributed by atoms with van der Waals surface area (Å²) in [6.07, 6.45) is 6.99. The first-order chi connectivity index (χ1) is 8.16. The van der Waals surface area contributed by atoms with Crippen LogP contribution in [0.2, 0.25) is 0 Å². The summed E-state index contributed by atoms with van der Waals surface area (Å²) in [4.78, 5) is 2.83. The molecule has 1 fully saturated rings. The molecule has 3 heteroatoms. The van der Waals surface area contributed by atoms with Crippen LogP contribution in [0.1, 0.15) is 48.8 Å². The van der Waals surface area contributed by atoms with Gasteiger partial charge in [0.1, 0.15) is 0 Å². The molecule has 2 rings (SSSR count). The van der Waals surface area contributed by atoms with Gasteiger partial charge < -0.3 is 5.32 Å². The van der Waals surface area contributed by atoms with Crippen molar-refractivity contribution in [3.63, 3.8) is 0 Å². The van der Waals surface area contributed by atoms with Gasteiger partial charge in [0.05, 0.1) is 0 Å². The molecule has 1 aliphatic carbocycles. The molecule has 0 amide bonds. The number of nitrogens with one attached hydrogen (secondary N) is 1. The zero-order chi connectivity index (χ0) is 12.3. The van der Waals surface area contributed by atoms with Gasteiger partial charge in [-0.15, -0.1) is 11.3 Å². The first-order valence-electron chi connectivity index (χ1n) is 6.65. The quantitative estimate of drug-likeness (QED) is 0.784. The average molecular weight is 316 g/mol. The summed E-state index contributed by atoms with van der Waals surface area (Å²) in [6, 6.07) is 2.98. The van der Waals surface area contributed by atoms with Crippen molar-refractivity contribution in [2.24, 2.45) is 5.92 Å². The lowest BCUT2D eigenvalue weighted by atomic mass is 9.97. The average Bonchev–Trinajstić information content (AvgIpc) is 2.50. The van der Waals surface area contributed by atoms with Crippen LogP contribution in [0.5, 0.6) is 0 Å². The Morgan fingerprint density at radius 2 is 2.12 bits per heavy atom. The predicted molar refractivity (Wildman–Crippen MR) is 79.6 cm³/mol. The van der Waals surface area contributed by atoms with Crippen LogP contribution in [0.15, 0.2) is 10.5 Å². The lowest BCUT2D eigenvalue weighted by molar-refractivity contribution is 0.357. The van der Waals surface area contributed by atoms with Gasteiger partial charge >= 0.3 is 0 Å². The Morgan fingerprint density at radius 3 is 2.82 bits per heavy atom. The van der Waals surface area contributed by atoms with Gasteiger partial charge in [-0.25, -0.2) is 0 Å². The zero-order valence-electron chi connectivity index (χ0n) is 10.8. The van der Waals surface area contributed by atoms with Gasteiger partial charge in [-0.1, -0.05) is 26.2 Å². The van der Waals surface area contributed by atoms with Crippen LogP contribution in [-0.4, -0.2) is 6.04 Å². The maximum Gasteiger partial charge on any atom is 0.0314 e. The molecule has 1 saturated carbocycles. The minimum atomic E-state index is 0.721. The van der Waals surface area contributed by atoms with Crippen molar-refractivity contribution in [3.8, 4) is 0 Å². The van der Waals surface area contributed by atoms with E-state index >= 15 is 0 Å². The minimum Gasteiger partial charge on any atom is -0.309 e. The van der Waals surface area contributed by atoms with E-state index in [-0.39, 0.29) is 0 Å². The van der Waals surface area contributed by atoms with Crippen LogP contribution < -0.4 is 5.32 Å². The van der Waals surface area contributed by atoms with Crippen LogP contribution in [0, 0.1) is 12.8 Å². The number of aryl methyl sites for hydroxylation is 1. The molecule has 0 bridgehead atoms. The standard InChI is InChI=1S/C14H22BrNS/c1-10-6-4-3-5-7-14(10)16-9-12-8-13(15)11(2)17-12/h8,10,14,16H,3-7,9H2,1-2H3. The molecule has 1 heterocycles. The highest BCUT2D eigenvalue weighted by Crippen LogP contribution is 2.27. The monoisotopic (exact) mass is 315 g/mol. The molecule has 0 spiro atoms. The number of rotatable bonds is 3. The van der Waals surface area contributed by atoms with E-state index in [1.165, 1.54) is 46.3 Å². The number of hydrogen-bond donors (Lipinski definition) is 1. The SMILES string of the molecule is Cc1sc(CNC2CCCCCC2C)cc1Br. The molecule has 0 aromatic carbocycles. The Balaban J connectivity index is 1.88. The highest BCUT2D eigenvalue weighted by atomic mass is 79.9. The van der Waals surface area contributed by atoms with Crippen LogP contribution in [0.4, 0.5) is 0 Å². The molecule has 0 saturated heterocycles. The van der Waals surface area contributed by atoms with E-state index in [0.29, 0.717) is 0 Å². The van der Waals surface area contributed by atoms with Crippen molar-refractivity contribution < 1.29 is 0 Å². The minimum absolute atomic E-state index is 0.721. The van der Waals surface area contributed by atoms with E-state index in [1.807, 2.05) is 11.3 Å². The van der Waals surface area contributed by atoms with Crippen molar-refractivity contribution in [1.82, 2.24) is 5.32 Å². The third-order valence-electron chi connectivity index (χ3n) is 3.81. The summed E-state index contributed by atoms with van der Waals surface area (Å²) < 4.78 is 1.26. The van der Waals surface area contributed by atoms with Gasteiger partial charge in [0.15, 0.2) is 0 Å². The molecule has 2 atom stereocenters. The third kappa shape index (κ3) is 3.80. The summed E-state index contributed by atoms with van der Waals surface area (Å²) in [5, 5.41) is 3.76. The number of hydrogen-bond acceptors (Lipinski definition) is 2. The Labute approximate surface area is 117 Å². The van der Waals surface area contributed by atoms with E-state index in [1.54, 1.807) is 0 Å². The van der Waals surface area contributed by atoms with Crippen LogP contribution in [-0.2, 0) is 6.54 Å². The van der Waals surface area contributed by atoms with Gasteiger partial charge in [0.2, 0.25) is 0 Å². The van der Waals surface area contributed by atoms with Crippen molar-refractivity contribution in [2.75, 3.05) is 0 Å². The summed E-state index contributed by atoms with van der Waals surface area (Å²) in [7, 11) is 0. The topological polar surface area (TPSA) is 12.0 Å². The highest BCUT2D eigenvalue weighted by Gasteiger charge is 2.19.